The summed E-state index contributed by atoms with van der Waals surface area (Å²) in [7, 11) is 0. The topological polar surface area (TPSA) is 118 Å². The lowest BCUT2D eigenvalue weighted by molar-refractivity contribution is -0.268. The van der Waals surface area contributed by atoms with E-state index >= 15 is 0 Å². The first-order valence-corrected chi connectivity index (χ1v) is 14.2. The van der Waals surface area contributed by atoms with Crippen LogP contribution in [-0.2, 0) is 16.1 Å². The summed E-state index contributed by atoms with van der Waals surface area (Å²) in [5, 5.41) is 22.0. The largest absolute Gasteiger partial charge is 0.478 e. The van der Waals surface area contributed by atoms with Crippen LogP contribution in [0.1, 0.15) is 56.7 Å². The number of aromatic carboxylic acids is 1. The van der Waals surface area contributed by atoms with Gasteiger partial charge in [0.25, 0.3) is 5.91 Å². The van der Waals surface area contributed by atoms with E-state index in [-0.39, 0.29) is 36.2 Å². The second kappa shape index (κ2) is 13.1. The van der Waals surface area contributed by atoms with E-state index in [1.54, 1.807) is 48.7 Å². The van der Waals surface area contributed by atoms with Crippen molar-refractivity contribution in [2.75, 3.05) is 11.1 Å². The second-order valence-corrected chi connectivity index (χ2v) is 10.8. The monoisotopic (exact) mass is 570 g/mol. The van der Waals surface area contributed by atoms with Crippen molar-refractivity contribution in [2.45, 2.75) is 36.9 Å². The number of hydrogen-bond acceptors (Lipinski definition) is 7. The van der Waals surface area contributed by atoms with Gasteiger partial charge in [-0.05, 0) is 47.5 Å². The van der Waals surface area contributed by atoms with E-state index in [0.29, 0.717) is 21.9 Å². The van der Waals surface area contributed by atoms with Gasteiger partial charge in [-0.3, -0.25) is 9.78 Å². The Morgan fingerprint density at radius 2 is 1.66 bits per heavy atom. The minimum absolute atomic E-state index is 0.0426. The number of anilines is 1. The number of ether oxygens (including phenoxy) is 2. The zero-order valence-corrected chi connectivity index (χ0v) is 23.2. The maximum absolute atomic E-state index is 12.5. The molecule has 1 aliphatic rings. The van der Waals surface area contributed by atoms with Gasteiger partial charge in [0.15, 0.2) is 6.29 Å². The van der Waals surface area contributed by atoms with Crippen molar-refractivity contribution in [1.29, 1.82) is 0 Å². The van der Waals surface area contributed by atoms with Gasteiger partial charge >= 0.3 is 5.97 Å². The van der Waals surface area contributed by atoms with Crippen LogP contribution in [0.3, 0.4) is 0 Å². The zero-order valence-electron chi connectivity index (χ0n) is 22.3. The lowest BCUT2D eigenvalue weighted by Crippen LogP contribution is -2.38. The average Bonchev–Trinajstić information content (AvgIpc) is 3.01. The summed E-state index contributed by atoms with van der Waals surface area (Å²) in [5.41, 5.74) is 3.91. The molecule has 210 valence electrons. The summed E-state index contributed by atoms with van der Waals surface area (Å²) in [6.07, 6.45) is 1.88. The summed E-state index contributed by atoms with van der Waals surface area (Å²) in [6, 6.07) is 25.3. The highest BCUT2D eigenvalue weighted by atomic mass is 32.2. The van der Waals surface area contributed by atoms with Crippen LogP contribution in [-0.4, -0.2) is 38.9 Å². The Morgan fingerprint density at radius 1 is 0.927 bits per heavy atom. The maximum atomic E-state index is 12.5. The summed E-state index contributed by atoms with van der Waals surface area (Å²) >= 11 is 1.45. The smallest absolute Gasteiger partial charge is 0.336 e. The molecule has 4 aromatic rings. The number of nitrogens with zero attached hydrogens (tertiary/aromatic N) is 1. The lowest BCUT2D eigenvalue weighted by atomic mass is 9.91. The third-order valence-corrected chi connectivity index (χ3v) is 8.17. The van der Waals surface area contributed by atoms with E-state index in [4.69, 9.17) is 9.47 Å². The number of aromatic nitrogens is 1. The van der Waals surface area contributed by atoms with Crippen molar-refractivity contribution >= 4 is 29.3 Å². The van der Waals surface area contributed by atoms with Crippen LogP contribution in [0.15, 0.2) is 102 Å². The highest BCUT2D eigenvalue weighted by molar-refractivity contribution is 7.99. The van der Waals surface area contributed by atoms with Crippen LogP contribution in [0.4, 0.5) is 5.69 Å². The molecule has 1 saturated heterocycles. The minimum Gasteiger partial charge on any atom is -0.478 e. The Labute approximate surface area is 242 Å². The number of nitrogens with one attached hydrogen (secondary N) is 1. The van der Waals surface area contributed by atoms with Gasteiger partial charge < -0.3 is 25.0 Å². The van der Waals surface area contributed by atoms with Crippen LogP contribution in [0.25, 0.3) is 0 Å². The normalized spacial score (nSPS) is 20.3. The number of carboxylic acids is 1. The number of aliphatic hydroxyl groups is 1. The van der Waals surface area contributed by atoms with Crippen LogP contribution in [0.2, 0.25) is 0 Å². The molecule has 2 heterocycles. The Morgan fingerprint density at radius 3 is 2.34 bits per heavy atom. The van der Waals surface area contributed by atoms with E-state index in [9.17, 15) is 19.8 Å². The fourth-order valence-corrected chi connectivity index (χ4v) is 5.89. The van der Waals surface area contributed by atoms with Crippen LogP contribution in [0, 0.1) is 5.92 Å². The lowest BCUT2D eigenvalue weighted by Gasteiger charge is -2.41. The van der Waals surface area contributed by atoms with Gasteiger partial charge in [-0.2, -0.15) is 0 Å². The maximum Gasteiger partial charge on any atom is 0.336 e. The third-order valence-electron chi connectivity index (χ3n) is 7.01. The molecule has 4 atom stereocenters. The third kappa shape index (κ3) is 6.83. The number of carboxylic acid groups (broad SMARTS) is 1. The quantitative estimate of drug-likeness (QED) is 0.206. The molecular formula is C32H30N2O6S. The first-order valence-electron chi connectivity index (χ1n) is 13.2. The first kappa shape index (κ1) is 28.5. The van der Waals surface area contributed by atoms with Crippen molar-refractivity contribution in [3.05, 3.63) is 125 Å². The van der Waals surface area contributed by atoms with Crippen LogP contribution < -0.4 is 5.32 Å². The van der Waals surface area contributed by atoms with Crippen molar-refractivity contribution in [3.8, 4) is 0 Å². The molecule has 1 aliphatic heterocycles. The fraction of sp³-hybridized carbons (Fsp3) is 0.219. The predicted molar refractivity (Wildman–Crippen MR) is 156 cm³/mol. The van der Waals surface area contributed by atoms with Gasteiger partial charge in [0.2, 0.25) is 0 Å². The second-order valence-electron chi connectivity index (χ2n) is 9.75. The number of benzene rings is 3. The highest BCUT2D eigenvalue weighted by Gasteiger charge is 2.38. The summed E-state index contributed by atoms with van der Waals surface area (Å²) in [4.78, 5) is 28.9. The SMILES string of the molecule is C[C@H]1[C@@H](CSc2ccccc2C(=O)O)O[C@@H](c2ccc(NC(=O)c3cccnc3)cc2)O[C@H]1c1ccc(CO)cc1. The van der Waals surface area contributed by atoms with E-state index in [1.165, 1.54) is 18.0 Å². The first-order chi connectivity index (χ1) is 19.9. The van der Waals surface area contributed by atoms with E-state index in [2.05, 4.69) is 17.2 Å². The van der Waals surface area contributed by atoms with Gasteiger partial charge in [-0.15, -0.1) is 11.8 Å². The number of hydrogen-bond donors (Lipinski definition) is 3. The molecule has 41 heavy (non-hydrogen) atoms. The summed E-state index contributed by atoms with van der Waals surface area (Å²) in [5.74, 6) is -0.747. The molecule has 1 fully saturated rings. The molecule has 1 amide bonds. The van der Waals surface area contributed by atoms with Crippen LogP contribution >= 0.6 is 11.8 Å². The number of amides is 1. The standard InChI is InChI=1S/C32H30N2O6S/c1-20-27(19-41-28-7-3-2-6-26(28)31(37)38)39-32(40-29(20)22-10-8-21(18-35)9-11-22)23-12-14-25(15-13-23)34-30(36)24-5-4-16-33-17-24/h2-17,20,27,29,32,35H,18-19H2,1H3,(H,34,36)(H,37,38)/t20-,27+,29+,32+/m0/s1. The molecule has 0 saturated carbocycles. The Balaban J connectivity index is 1.36. The van der Waals surface area contributed by atoms with E-state index in [1.807, 2.05) is 42.5 Å². The van der Waals surface area contributed by atoms with Crippen molar-refractivity contribution in [1.82, 2.24) is 4.98 Å². The molecule has 9 heteroatoms. The molecule has 5 rings (SSSR count). The molecule has 3 aromatic carbocycles. The molecule has 1 aromatic heterocycles. The minimum atomic E-state index is -0.968. The number of carbonyl (C=O) groups excluding carboxylic acids is 1. The Bertz CT molecular complexity index is 1480. The molecule has 3 N–H and O–H groups in total. The van der Waals surface area contributed by atoms with Gasteiger partial charge in [0.1, 0.15) is 0 Å². The van der Waals surface area contributed by atoms with E-state index in [0.717, 1.165) is 16.7 Å². The summed E-state index contributed by atoms with van der Waals surface area (Å²) < 4.78 is 13.0. The Hall–Kier alpha value is -4.02. The molecule has 0 aliphatic carbocycles. The van der Waals surface area contributed by atoms with Crippen LogP contribution in [0.5, 0.6) is 0 Å². The molecule has 0 spiro atoms. The predicted octanol–water partition coefficient (Wildman–Crippen LogP) is 6.11. The molecule has 8 nitrogen and oxygen atoms in total. The highest BCUT2D eigenvalue weighted by Crippen LogP contribution is 2.43. The number of rotatable bonds is 9. The van der Waals surface area contributed by atoms with Crippen molar-refractivity contribution in [3.63, 3.8) is 0 Å². The number of carbonyl (C=O) groups is 2. The average molecular weight is 571 g/mol. The molecule has 0 radical (unpaired) electrons. The Kier molecular flexibility index (Phi) is 9.11. The zero-order chi connectivity index (χ0) is 28.8. The molecular weight excluding hydrogens is 540 g/mol. The number of aliphatic hydroxyl groups excluding tert-OH is 1. The molecule has 0 bridgehead atoms. The van der Waals surface area contributed by atoms with Gasteiger partial charge in [0, 0.05) is 40.2 Å². The van der Waals surface area contributed by atoms with E-state index < -0.39 is 12.3 Å². The number of thioether (sulfide) groups is 1. The van der Waals surface area contributed by atoms with Crippen molar-refractivity contribution in [2.24, 2.45) is 5.92 Å². The van der Waals surface area contributed by atoms with Crippen molar-refractivity contribution < 1.29 is 29.3 Å². The number of pyridine rings is 1. The molecule has 0 unspecified atom stereocenters. The fourth-order valence-electron chi connectivity index (χ4n) is 4.67. The summed E-state index contributed by atoms with van der Waals surface area (Å²) in [6.45, 7) is 2.02. The van der Waals surface area contributed by atoms with Gasteiger partial charge in [0.05, 0.1) is 29.9 Å². The van der Waals surface area contributed by atoms with Gasteiger partial charge in [-0.25, -0.2) is 4.79 Å². The van der Waals surface area contributed by atoms with Gasteiger partial charge in [-0.1, -0.05) is 55.5 Å².